The highest BCUT2D eigenvalue weighted by Crippen LogP contribution is 2.55. The molecule has 3 nitrogen and oxygen atoms in total. The fourth-order valence-electron chi connectivity index (χ4n) is 2.97. The van der Waals surface area contributed by atoms with E-state index < -0.39 is 9.84 Å². The largest absolute Gasteiger partial charge is 0.393 e. The average Bonchev–Trinajstić information content (AvgIpc) is 2.85. The third-order valence-corrected chi connectivity index (χ3v) is 6.01. The molecule has 2 fully saturated rings. The highest BCUT2D eigenvalue weighted by Gasteiger charge is 2.47. The Balaban J connectivity index is 1.66. The van der Waals surface area contributed by atoms with Gasteiger partial charge >= 0.3 is 0 Å². The smallest absolute Gasteiger partial charge is 0.150 e. The molecule has 16 heavy (non-hydrogen) atoms. The highest BCUT2D eigenvalue weighted by atomic mass is 32.2. The van der Waals surface area contributed by atoms with Crippen molar-refractivity contribution in [2.45, 2.75) is 45.1 Å². The van der Waals surface area contributed by atoms with Crippen LogP contribution in [0.3, 0.4) is 0 Å². The van der Waals surface area contributed by atoms with Crippen LogP contribution in [0.4, 0.5) is 0 Å². The number of sulfone groups is 1. The summed E-state index contributed by atoms with van der Waals surface area (Å²) < 4.78 is 22.6. The van der Waals surface area contributed by atoms with Crippen LogP contribution in [0.1, 0.15) is 39.0 Å². The molecule has 0 radical (unpaired) electrons. The summed E-state index contributed by atoms with van der Waals surface area (Å²) in [5.74, 6) is 2.68. The second-order valence-corrected chi connectivity index (χ2v) is 7.91. The van der Waals surface area contributed by atoms with Crippen LogP contribution in [0.2, 0.25) is 0 Å². The van der Waals surface area contributed by atoms with Crippen molar-refractivity contribution in [2.24, 2.45) is 17.8 Å². The Morgan fingerprint density at radius 2 is 1.88 bits per heavy atom. The van der Waals surface area contributed by atoms with Crippen LogP contribution in [-0.2, 0) is 9.84 Å². The molecule has 0 amide bonds. The van der Waals surface area contributed by atoms with Crippen LogP contribution in [0, 0.1) is 17.8 Å². The maximum Gasteiger partial charge on any atom is 0.150 e. The Kier molecular flexibility index (Phi) is 3.59. The third-order valence-electron chi connectivity index (χ3n) is 4.22. The zero-order valence-electron chi connectivity index (χ0n) is 9.93. The Morgan fingerprint density at radius 3 is 2.44 bits per heavy atom. The number of rotatable bonds is 6. The number of hydrogen-bond acceptors (Lipinski definition) is 3. The van der Waals surface area contributed by atoms with E-state index in [9.17, 15) is 13.5 Å². The van der Waals surface area contributed by atoms with E-state index in [2.05, 4.69) is 0 Å². The molecular weight excluding hydrogens is 224 g/mol. The van der Waals surface area contributed by atoms with Gasteiger partial charge in [0.1, 0.15) is 9.84 Å². The zero-order valence-corrected chi connectivity index (χ0v) is 10.7. The van der Waals surface area contributed by atoms with Crippen molar-refractivity contribution in [3.8, 4) is 0 Å². The summed E-state index contributed by atoms with van der Waals surface area (Å²) in [7, 11) is -2.85. The molecule has 2 rings (SSSR count). The van der Waals surface area contributed by atoms with Crippen molar-refractivity contribution in [1.82, 2.24) is 0 Å². The second kappa shape index (κ2) is 4.65. The molecule has 4 heteroatoms. The number of hydrogen-bond donors (Lipinski definition) is 1. The van der Waals surface area contributed by atoms with E-state index in [-0.39, 0.29) is 17.6 Å². The van der Waals surface area contributed by atoms with Crippen LogP contribution < -0.4 is 0 Å². The van der Waals surface area contributed by atoms with Crippen molar-refractivity contribution in [1.29, 1.82) is 0 Å². The van der Waals surface area contributed by atoms with Gasteiger partial charge in [-0.25, -0.2) is 8.42 Å². The first-order chi connectivity index (χ1) is 7.52. The fourth-order valence-corrected chi connectivity index (χ4v) is 3.86. The Labute approximate surface area is 98.2 Å². The number of fused-ring (bicyclic) bond motifs is 1. The summed E-state index contributed by atoms with van der Waals surface area (Å²) in [5, 5.41) is 9.96. The molecule has 2 aliphatic rings. The molecule has 0 aliphatic heterocycles. The van der Waals surface area contributed by atoms with Gasteiger partial charge in [0.25, 0.3) is 0 Å². The molecule has 0 aromatic heterocycles. The van der Waals surface area contributed by atoms with Crippen molar-refractivity contribution < 1.29 is 13.5 Å². The minimum Gasteiger partial charge on any atom is -0.393 e. The van der Waals surface area contributed by atoms with Crippen molar-refractivity contribution in [2.75, 3.05) is 11.5 Å². The third kappa shape index (κ3) is 2.98. The van der Waals surface area contributed by atoms with Crippen LogP contribution in [0.25, 0.3) is 0 Å². The molecule has 0 heterocycles. The fraction of sp³-hybridized carbons (Fsp3) is 1.00. The summed E-state index contributed by atoms with van der Waals surface area (Å²) in [5.41, 5.74) is 0. The lowest BCUT2D eigenvalue weighted by atomic mass is 9.94. The second-order valence-electron chi connectivity index (χ2n) is 5.43. The standard InChI is InChI=1S/C12H22O3S/c1-2-16(14,15)5-3-4-12(13)11-7-9-6-10(9)8-11/h9-13H,2-8H2,1H3. The lowest BCUT2D eigenvalue weighted by Gasteiger charge is -2.19. The SMILES string of the molecule is CCS(=O)(=O)CCCC(O)C1CC2CC2C1. The van der Waals surface area contributed by atoms with Gasteiger partial charge in [0.05, 0.1) is 11.9 Å². The minimum absolute atomic E-state index is 0.219. The van der Waals surface area contributed by atoms with Crippen LogP contribution in [0.15, 0.2) is 0 Å². The summed E-state index contributed by atoms with van der Waals surface area (Å²) in [6.45, 7) is 1.68. The molecule has 0 aromatic carbocycles. The van der Waals surface area contributed by atoms with Crippen molar-refractivity contribution in [3.05, 3.63) is 0 Å². The maximum absolute atomic E-state index is 11.3. The normalized spacial score (nSPS) is 34.8. The van der Waals surface area contributed by atoms with Gasteiger partial charge in [-0.15, -0.1) is 0 Å². The van der Waals surface area contributed by atoms with Crippen molar-refractivity contribution >= 4 is 9.84 Å². The molecular formula is C12H22O3S. The lowest BCUT2D eigenvalue weighted by Crippen LogP contribution is -2.20. The van der Waals surface area contributed by atoms with E-state index in [0.29, 0.717) is 18.8 Å². The molecule has 0 aromatic rings. The topological polar surface area (TPSA) is 54.4 Å². The van der Waals surface area contributed by atoms with Crippen molar-refractivity contribution in [3.63, 3.8) is 0 Å². The van der Waals surface area contributed by atoms with E-state index in [1.165, 1.54) is 19.3 Å². The first kappa shape index (κ1) is 12.4. The Morgan fingerprint density at radius 1 is 1.25 bits per heavy atom. The van der Waals surface area contributed by atoms with Gasteiger partial charge in [0, 0.05) is 5.75 Å². The maximum atomic E-state index is 11.3. The number of aliphatic hydroxyl groups excluding tert-OH is 1. The van der Waals surface area contributed by atoms with E-state index in [1.54, 1.807) is 6.92 Å². The first-order valence-electron chi connectivity index (χ1n) is 6.40. The van der Waals surface area contributed by atoms with Gasteiger partial charge in [0.15, 0.2) is 0 Å². The average molecular weight is 246 g/mol. The van der Waals surface area contributed by atoms with E-state index in [1.807, 2.05) is 0 Å². The molecule has 0 saturated heterocycles. The summed E-state index contributed by atoms with van der Waals surface area (Å²) in [6.07, 6.45) is 4.72. The van der Waals surface area contributed by atoms with Gasteiger partial charge < -0.3 is 5.11 Å². The van der Waals surface area contributed by atoms with Gasteiger partial charge in [0.2, 0.25) is 0 Å². The quantitative estimate of drug-likeness (QED) is 0.774. The number of aliphatic hydroxyl groups is 1. The summed E-state index contributed by atoms with van der Waals surface area (Å²) >= 11 is 0. The molecule has 2 saturated carbocycles. The van der Waals surface area contributed by atoms with Gasteiger partial charge in [-0.3, -0.25) is 0 Å². The zero-order chi connectivity index (χ0) is 11.8. The molecule has 2 aliphatic carbocycles. The van der Waals surface area contributed by atoms with E-state index in [4.69, 9.17) is 0 Å². The molecule has 3 unspecified atom stereocenters. The molecule has 0 spiro atoms. The Bertz CT molecular complexity index is 326. The highest BCUT2D eigenvalue weighted by molar-refractivity contribution is 7.91. The molecule has 94 valence electrons. The molecule has 0 bridgehead atoms. The van der Waals surface area contributed by atoms with Gasteiger partial charge in [-0.05, 0) is 49.9 Å². The predicted octanol–water partition coefficient (Wildman–Crippen LogP) is 1.61. The molecule has 3 atom stereocenters. The van der Waals surface area contributed by atoms with Gasteiger partial charge in [-0.2, -0.15) is 0 Å². The summed E-state index contributed by atoms with van der Waals surface area (Å²) in [4.78, 5) is 0. The van der Waals surface area contributed by atoms with Gasteiger partial charge in [-0.1, -0.05) is 6.92 Å². The first-order valence-corrected chi connectivity index (χ1v) is 8.22. The molecule has 1 N–H and O–H groups in total. The van der Waals surface area contributed by atoms with Crippen LogP contribution in [0.5, 0.6) is 0 Å². The van der Waals surface area contributed by atoms with E-state index >= 15 is 0 Å². The minimum atomic E-state index is -2.85. The summed E-state index contributed by atoms with van der Waals surface area (Å²) in [6, 6.07) is 0. The lowest BCUT2D eigenvalue weighted by molar-refractivity contribution is 0.0947. The predicted molar refractivity (Wildman–Crippen MR) is 63.9 cm³/mol. The Hall–Kier alpha value is -0.0900. The van der Waals surface area contributed by atoms with E-state index in [0.717, 1.165) is 11.8 Å². The van der Waals surface area contributed by atoms with Crippen LogP contribution >= 0.6 is 0 Å². The monoisotopic (exact) mass is 246 g/mol. The van der Waals surface area contributed by atoms with Crippen LogP contribution in [-0.4, -0.2) is 31.1 Å².